The maximum Gasteiger partial charge on any atom is 0.273 e. The number of thiazole rings is 1. The van der Waals surface area contributed by atoms with Crippen molar-refractivity contribution in [3.63, 3.8) is 0 Å². The van der Waals surface area contributed by atoms with Crippen molar-refractivity contribution in [1.82, 2.24) is 30.0 Å². The molecule has 2 aromatic heterocycles. The first-order valence-corrected chi connectivity index (χ1v) is 9.89. The van der Waals surface area contributed by atoms with Crippen molar-refractivity contribution >= 4 is 42.1 Å². The van der Waals surface area contributed by atoms with Gasteiger partial charge in [0.15, 0.2) is 0 Å². The van der Waals surface area contributed by atoms with Crippen molar-refractivity contribution in [2.75, 3.05) is 19.6 Å². The molecule has 1 amide bonds. The standard InChI is InChI=1S/C17H24N6OS.2ClH/c1-11(2)16-19-13(10-25-16)17(24)22-6-3-12(4-7-22)15-21-20-14-9-18-5-8-23(14)15;;/h10-12,18H,3-9H2,1-2H3;2*1H. The number of aromatic nitrogens is 4. The van der Waals surface area contributed by atoms with Crippen LogP contribution in [-0.4, -0.2) is 50.2 Å². The normalized spacial score (nSPS) is 17.2. The number of carbonyl (C=O) groups is 1. The molecule has 150 valence electrons. The molecule has 0 radical (unpaired) electrons. The summed E-state index contributed by atoms with van der Waals surface area (Å²) in [6.45, 7) is 8.44. The number of nitrogens with zero attached hydrogens (tertiary/aromatic N) is 5. The third-order valence-corrected chi connectivity index (χ3v) is 6.18. The summed E-state index contributed by atoms with van der Waals surface area (Å²) >= 11 is 1.58. The Morgan fingerprint density at radius 3 is 2.63 bits per heavy atom. The fraction of sp³-hybridized carbons (Fsp3) is 0.647. The summed E-state index contributed by atoms with van der Waals surface area (Å²) < 4.78 is 2.26. The second-order valence-corrected chi connectivity index (χ2v) is 7.98. The third-order valence-electron chi connectivity index (χ3n) is 5.03. The number of nitrogens with one attached hydrogen (secondary N) is 1. The molecule has 0 aromatic carbocycles. The van der Waals surface area contributed by atoms with Crippen LogP contribution in [0.25, 0.3) is 0 Å². The summed E-state index contributed by atoms with van der Waals surface area (Å²) in [7, 11) is 0. The van der Waals surface area contributed by atoms with Gasteiger partial charge in [0.2, 0.25) is 0 Å². The summed E-state index contributed by atoms with van der Waals surface area (Å²) in [5, 5.41) is 15.0. The lowest BCUT2D eigenvalue weighted by molar-refractivity contribution is 0.0704. The number of amides is 1. The number of likely N-dealkylation sites (tertiary alicyclic amines) is 1. The predicted octanol–water partition coefficient (Wildman–Crippen LogP) is 2.82. The topological polar surface area (TPSA) is 75.9 Å². The van der Waals surface area contributed by atoms with E-state index in [1.807, 2.05) is 10.3 Å². The molecular weight excluding hydrogens is 407 g/mol. The maximum atomic E-state index is 12.7. The lowest BCUT2D eigenvalue weighted by Crippen LogP contribution is -2.39. The summed E-state index contributed by atoms with van der Waals surface area (Å²) in [6, 6.07) is 0. The van der Waals surface area contributed by atoms with Gasteiger partial charge in [-0.05, 0) is 12.8 Å². The smallest absolute Gasteiger partial charge is 0.273 e. The van der Waals surface area contributed by atoms with Gasteiger partial charge in [0, 0.05) is 43.4 Å². The first-order chi connectivity index (χ1) is 12.1. The van der Waals surface area contributed by atoms with Crippen LogP contribution in [-0.2, 0) is 13.1 Å². The second-order valence-electron chi connectivity index (χ2n) is 7.10. The highest BCUT2D eigenvalue weighted by molar-refractivity contribution is 7.09. The lowest BCUT2D eigenvalue weighted by Gasteiger charge is -2.31. The van der Waals surface area contributed by atoms with Crippen LogP contribution in [0.15, 0.2) is 5.38 Å². The van der Waals surface area contributed by atoms with Gasteiger partial charge in [0.1, 0.15) is 17.3 Å². The number of hydrogen-bond acceptors (Lipinski definition) is 6. The third kappa shape index (κ3) is 4.45. The minimum absolute atomic E-state index is 0. The average Bonchev–Trinajstić information content (AvgIpc) is 3.29. The maximum absolute atomic E-state index is 12.7. The second kappa shape index (κ2) is 9.32. The van der Waals surface area contributed by atoms with Crippen LogP contribution in [0.2, 0.25) is 0 Å². The average molecular weight is 433 g/mol. The Labute approximate surface area is 175 Å². The highest BCUT2D eigenvalue weighted by Gasteiger charge is 2.29. The van der Waals surface area contributed by atoms with Crippen LogP contribution in [0.4, 0.5) is 0 Å². The van der Waals surface area contributed by atoms with Gasteiger partial charge in [-0.25, -0.2) is 4.98 Å². The molecule has 4 rings (SSSR count). The molecule has 10 heteroatoms. The van der Waals surface area contributed by atoms with Gasteiger partial charge in [0.25, 0.3) is 5.91 Å². The lowest BCUT2D eigenvalue weighted by atomic mass is 9.95. The monoisotopic (exact) mass is 432 g/mol. The van der Waals surface area contributed by atoms with Gasteiger partial charge in [-0.2, -0.15) is 0 Å². The van der Waals surface area contributed by atoms with Crippen molar-refractivity contribution in [1.29, 1.82) is 0 Å². The number of carbonyl (C=O) groups excluding carboxylic acids is 1. The molecule has 0 spiro atoms. The van der Waals surface area contributed by atoms with E-state index in [1.54, 1.807) is 11.3 Å². The number of rotatable bonds is 3. The zero-order valence-corrected chi connectivity index (χ0v) is 18.0. The molecule has 7 nitrogen and oxygen atoms in total. The van der Waals surface area contributed by atoms with Crippen molar-refractivity contribution in [2.24, 2.45) is 0 Å². The van der Waals surface area contributed by atoms with Crippen LogP contribution in [0.5, 0.6) is 0 Å². The fourth-order valence-corrected chi connectivity index (χ4v) is 4.38. The van der Waals surface area contributed by atoms with Crippen LogP contribution in [0.3, 0.4) is 0 Å². The fourth-order valence-electron chi connectivity index (χ4n) is 3.57. The van der Waals surface area contributed by atoms with Crippen LogP contribution in [0, 0.1) is 0 Å². The van der Waals surface area contributed by atoms with E-state index in [-0.39, 0.29) is 30.7 Å². The van der Waals surface area contributed by atoms with E-state index in [2.05, 4.69) is 38.9 Å². The molecular formula is C17H26Cl2N6OS. The Morgan fingerprint density at radius 1 is 1.22 bits per heavy atom. The molecule has 2 aromatic rings. The number of hydrogen-bond donors (Lipinski definition) is 1. The number of halogens is 2. The molecule has 0 aliphatic carbocycles. The molecule has 4 heterocycles. The van der Waals surface area contributed by atoms with Crippen LogP contribution in [0.1, 0.15) is 65.7 Å². The van der Waals surface area contributed by atoms with Crippen LogP contribution < -0.4 is 5.32 Å². The summed E-state index contributed by atoms with van der Waals surface area (Å²) in [6.07, 6.45) is 1.89. The SMILES string of the molecule is CC(C)c1nc(C(=O)N2CCC(c3nnc4n3CCNC4)CC2)cs1.Cl.Cl. The minimum Gasteiger partial charge on any atom is -0.337 e. The molecule has 1 saturated heterocycles. The zero-order chi connectivity index (χ0) is 17.4. The summed E-state index contributed by atoms with van der Waals surface area (Å²) in [5.41, 5.74) is 0.595. The van der Waals surface area contributed by atoms with Gasteiger partial charge >= 0.3 is 0 Å². The molecule has 1 fully saturated rings. The number of piperidine rings is 1. The predicted molar refractivity (Wildman–Crippen MR) is 110 cm³/mol. The van der Waals surface area contributed by atoms with Gasteiger partial charge in [-0.3, -0.25) is 4.79 Å². The van der Waals surface area contributed by atoms with Crippen molar-refractivity contribution < 1.29 is 4.79 Å². The highest BCUT2D eigenvalue weighted by Crippen LogP contribution is 2.29. The van der Waals surface area contributed by atoms with E-state index in [9.17, 15) is 4.79 Å². The van der Waals surface area contributed by atoms with Gasteiger partial charge in [-0.15, -0.1) is 46.3 Å². The molecule has 1 N–H and O–H groups in total. The van der Waals surface area contributed by atoms with Crippen LogP contribution >= 0.6 is 36.2 Å². The Hall–Kier alpha value is -1.22. The van der Waals surface area contributed by atoms with Gasteiger partial charge < -0.3 is 14.8 Å². The van der Waals surface area contributed by atoms with E-state index in [1.165, 1.54) is 0 Å². The summed E-state index contributed by atoms with van der Waals surface area (Å²) in [5.74, 6) is 2.95. The molecule has 2 aliphatic rings. The zero-order valence-electron chi connectivity index (χ0n) is 15.6. The Kier molecular flexibility index (Phi) is 7.62. The molecule has 0 bridgehead atoms. The van der Waals surface area contributed by atoms with E-state index in [4.69, 9.17) is 0 Å². The van der Waals surface area contributed by atoms with Gasteiger partial charge in [0.05, 0.1) is 11.6 Å². The minimum atomic E-state index is 0. The Bertz CT molecular complexity index is 769. The quantitative estimate of drug-likeness (QED) is 0.806. The Morgan fingerprint density at radius 2 is 1.96 bits per heavy atom. The first-order valence-electron chi connectivity index (χ1n) is 9.01. The molecule has 0 saturated carbocycles. The van der Waals surface area contributed by atoms with E-state index >= 15 is 0 Å². The molecule has 2 aliphatic heterocycles. The number of fused-ring (bicyclic) bond motifs is 1. The van der Waals surface area contributed by atoms with Crippen molar-refractivity contribution in [3.8, 4) is 0 Å². The van der Waals surface area contributed by atoms with E-state index in [0.29, 0.717) is 17.5 Å². The van der Waals surface area contributed by atoms with E-state index in [0.717, 1.165) is 62.2 Å². The molecule has 0 unspecified atom stereocenters. The van der Waals surface area contributed by atoms with Gasteiger partial charge in [-0.1, -0.05) is 13.8 Å². The van der Waals surface area contributed by atoms with Crippen molar-refractivity contribution in [2.45, 2.75) is 51.6 Å². The van der Waals surface area contributed by atoms with Crippen molar-refractivity contribution in [3.05, 3.63) is 27.7 Å². The largest absolute Gasteiger partial charge is 0.337 e. The first kappa shape index (κ1) is 22.1. The summed E-state index contributed by atoms with van der Waals surface area (Å²) in [4.78, 5) is 19.1. The highest BCUT2D eigenvalue weighted by atomic mass is 35.5. The Balaban J connectivity index is 0.00000131. The molecule has 0 atom stereocenters. The van der Waals surface area contributed by atoms with E-state index < -0.39 is 0 Å². The molecule has 27 heavy (non-hydrogen) atoms.